The highest BCUT2D eigenvalue weighted by Gasteiger charge is 2.36. The molecule has 0 aliphatic carbocycles. The second-order valence-electron chi connectivity index (χ2n) is 6.93. The standard InChI is InChI=1S/C18H27N3O2/c1-5-16(22)20(4)14-9-7-6-8-13(14)17(23)21-11-10-15(19)18(2,3)12-21/h6-9,15H,5,10-12,19H2,1-4H3. The SMILES string of the molecule is CCC(=O)N(C)c1ccccc1C(=O)N1CCC(N)C(C)(C)C1. The Hall–Kier alpha value is -1.88. The van der Waals surface area contributed by atoms with Gasteiger partial charge in [0.05, 0.1) is 11.3 Å². The lowest BCUT2D eigenvalue weighted by atomic mass is 9.79. The molecule has 1 unspecified atom stereocenters. The zero-order chi connectivity index (χ0) is 17.2. The molecule has 2 N–H and O–H groups in total. The van der Waals surface area contributed by atoms with E-state index in [1.165, 1.54) is 0 Å². The smallest absolute Gasteiger partial charge is 0.255 e. The second-order valence-corrected chi connectivity index (χ2v) is 6.93. The first-order valence-corrected chi connectivity index (χ1v) is 8.18. The minimum atomic E-state index is -0.103. The third-order valence-corrected chi connectivity index (χ3v) is 4.77. The molecule has 0 saturated carbocycles. The number of amides is 2. The molecular weight excluding hydrogens is 290 g/mol. The van der Waals surface area contributed by atoms with Gasteiger partial charge in [0, 0.05) is 32.6 Å². The van der Waals surface area contributed by atoms with Gasteiger partial charge < -0.3 is 15.5 Å². The van der Waals surface area contributed by atoms with Crippen molar-refractivity contribution < 1.29 is 9.59 Å². The van der Waals surface area contributed by atoms with Gasteiger partial charge in [0.15, 0.2) is 0 Å². The van der Waals surface area contributed by atoms with Gasteiger partial charge in [-0.2, -0.15) is 0 Å². The summed E-state index contributed by atoms with van der Waals surface area (Å²) in [6, 6.07) is 7.40. The molecule has 126 valence electrons. The third kappa shape index (κ3) is 3.55. The first-order valence-electron chi connectivity index (χ1n) is 8.18. The van der Waals surface area contributed by atoms with E-state index in [4.69, 9.17) is 5.73 Å². The van der Waals surface area contributed by atoms with E-state index in [1.807, 2.05) is 30.0 Å². The monoisotopic (exact) mass is 317 g/mol. The average molecular weight is 317 g/mol. The molecule has 1 aromatic carbocycles. The third-order valence-electron chi connectivity index (χ3n) is 4.77. The van der Waals surface area contributed by atoms with Crippen LogP contribution in [0.1, 0.15) is 44.0 Å². The Morgan fingerprint density at radius 3 is 2.61 bits per heavy atom. The second kappa shape index (κ2) is 6.71. The van der Waals surface area contributed by atoms with Gasteiger partial charge in [-0.05, 0) is 24.0 Å². The molecule has 0 radical (unpaired) electrons. The van der Waals surface area contributed by atoms with Crippen molar-refractivity contribution in [1.29, 1.82) is 0 Å². The number of carbonyl (C=O) groups is 2. The topological polar surface area (TPSA) is 66.6 Å². The molecule has 1 aromatic rings. The Balaban J connectivity index is 2.28. The van der Waals surface area contributed by atoms with Crippen molar-refractivity contribution in [1.82, 2.24) is 4.90 Å². The molecule has 1 aliphatic heterocycles. The molecule has 0 spiro atoms. The maximum Gasteiger partial charge on any atom is 0.255 e. The number of nitrogens with two attached hydrogens (primary N) is 1. The highest BCUT2D eigenvalue weighted by atomic mass is 16.2. The van der Waals surface area contributed by atoms with Crippen LogP contribution in [0, 0.1) is 5.41 Å². The van der Waals surface area contributed by atoms with E-state index in [9.17, 15) is 9.59 Å². The maximum atomic E-state index is 13.0. The lowest BCUT2D eigenvalue weighted by molar-refractivity contribution is -0.118. The average Bonchev–Trinajstić information content (AvgIpc) is 2.55. The molecule has 23 heavy (non-hydrogen) atoms. The van der Waals surface area contributed by atoms with E-state index < -0.39 is 0 Å². The Labute approximate surface area is 138 Å². The van der Waals surface area contributed by atoms with Crippen LogP contribution in [0.2, 0.25) is 0 Å². The molecule has 2 amide bonds. The van der Waals surface area contributed by atoms with E-state index >= 15 is 0 Å². The van der Waals surface area contributed by atoms with E-state index in [0.29, 0.717) is 30.8 Å². The predicted molar refractivity (Wildman–Crippen MR) is 92.4 cm³/mol. The normalized spacial score (nSPS) is 20.2. The van der Waals surface area contributed by atoms with Gasteiger partial charge in [-0.1, -0.05) is 32.9 Å². The fraction of sp³-hybridized carbons (Fsp3) is 0.556. The van der Waals surface area contributed by atoms with Crippen LogP contribution in [0.3, 0.4) is 0 Å². The maximum absolute atomic E-state index is 13.0. The lowest BCUT2D eigenvalue weighted by Gasteiger charge is -2.42. The van der Waals surface area contributed by atoms with Gasteiger partial charge in [0.25, 0.3) is 5.91 Å². The first kappa shape index (κ1) is 17.5. The van der Waals surface area contributed by atoms with Crippen molar-refractivity contribution in [3.63, 3.8) is 0 Å². The minimum Gasteiger partial charge on any atom is -0.338 e. The van der Waals surface area contributed by atoms with Gasteiger partial charge in [-0.15, -0.1) is 0 Å². The number of piperidine rings is 1. The molecule has 5 heteroatoms. The molecule has 1 atom stereocenters. The molecular formula is C18H27N3O2. The van der Waals surface area contributed by atoms with Gasteiger partial charge >= 0.3 is 0 Å². The van der Waals surface area contributed by atoms with E-state index in [1.54, 1.807) is 18.0 Å². The van der Waals surface area contributed by atoms with E-state index in [2.05, 4.69) is 13.8 Å². The highest BCUT2D eigenvalue weighted by Crippen LogP contribution is 2.30. The first-order chi connectivity index (χ1) is 10.8. The quantitative estimate of drug-likeness (QED) is 0.930. The predicted octanol–water partition coefficient (Wildman–Crippen LogP) is 2.26. The molecule has 1 heterocycles. The summed E-state index contributed by atoms with van der Waals surface area (Å²) in [4.78, 5) is 28.4. The summed E-state index contributed by atoms with van der Waals surface area (Å²) in [5.74, 6) is -0.0393. The van der Waals surface area contributed by atoms with Crippen LogP contribution in [0.15, 0.2) is 24.3 Å². The summed E-state index contributed by atoms with van der Waals surface area (Å²) in [6.45, 7) is 7.29. The van der Waals surface area contributed by atoms with Crippen LogP contribution in [0.5, 0.6) is 0 Å². The van der Waals surface area contributed by atoms with Crippen LogP contribution in [0.4, 0.5) is 5.69 Å². The zero-order valence-electron chi connectivity index (χ0n) is 14.5. The summed E-state index contributed by atoms with van der Waals surface area (Å²) >= 11 is 0. The van der Waals surface area contributed by atoms with Crippen molar-refractivity contribution in [2.75, 3.05) is 25.0 Å². The molecule has 5 nitrogen and oxygen atoms in total. The highest BCUT2D eigenvalue weighted by molar-refractivity contribution is 6.04. The van der Waals surface area contributed by atoms with Crippen LogP contribution in [-0.2, 0) is 4.79 Å². The largest absolute Gasteiger partial charge is 0.338 e. The molecule has 0 aromatic heterocycles. The van der Waals surface area contributed by atoms with Crippen molar-refractivity contribution in [2.24, 2.45) is 11.1 Å². The van der Waals surface area contributed by atoms with Crippen molar-refractivity contribution in [3.8, 4) is 0 Å². The van der Waals surface area contributed by atoms with Gasteiger partial charge in [-0.25, -0.2) is 0 Å². The van der Waals surface area contributed by atoms with Crippen LogP contribution in [0.25, 0.3) is 0 Å². The van der Waals surface area contributed by atoms with Crippen LogP contribution >= 0.6 is 0 Å². The molecule has 0 bridgehead atoms. The summed E-state index contributed by atoms with van der Waals surface area (Å²) in [7, 11) is 1.72. The minimum absolute atomic E-state index is 0.00811. The number of para-hydroxylation sites is 1. The van der Waals surface area contributed by atoms with Crippen LogP contribution in [-0.4, -0.2) is 42.9 Å². The fourth-order valence-electron chi connectivity index (χ4n) is 3.04. The van der Waals surface area contributed by atoms with E-state index in [-0.39, 0.29) is 23.3 Å². The van der Waals surface area contributed by atoms with Crippen molar-refractivity contribution >= 4 is 17.5 Å². The lowest BCUT2D eigenvalue weighted by Crippen LogP contribution is -2.54. The number of rotatable bonds is 3. The van der Waals surface area contributed by atoms with Crippen molar-refractivity contribution in [2.45, 2.75) is 39.7 Å². The molecule has 1 saturated heterocycles. The molecule has 2 rings (SSSR count). The zero-order valence-corrected chi connectivity index (χ0v) is 14.5. The number of benzene rings is 1. The Kier molecular flexibility index (Phi) is 5.09. The van der Waals surface area contributed by atoms with Crippen LogP contribution < -0.4 is 10.6 Å². The summed E-state index contributed by atoms with van der Waals surface area (Å²) in [6.07, 6.45) is 1.20. The van der Waals surface area contributed by atoms with Gasteiger partial charge in [0.1, 0.15) is 0 Å². The molecule has 1 aliphatic rings. The Bertz CT molecular complexity index is 598. The number of carbonyl (C=O) groups excluding carboxylic acids is 2. The summed E-state index contributed by atoms with van der Waals surface area (Å²) in [5.41, 5.74) is 7.29. The number of hydrogen-bond acceptors (Lipinski definition) is 3. The number of nitrogens with zero attached hydrogens (tertiary/aromatic N) is 2. The number of anilines is 1. The number of hydrogen-bond donors (Lipinski definition) is 1. The van der Waals surface area contributed by atoms with Gasteiger partial charge in [0.2, 0.25) is 5.91 Å². The molecule has 1 fully saturated rings. The Morgan fingerprint density at radius 1 is 1.35 bits per heavy atom. The number of likely N-dealkylation sites (tertiary alicyclic amines) is 1. The fourth-order valence-corrected chi connectivity index (χ4v) is 3.04. The summed E-state index contributed by atoms with van der Waals surface area (Å²) in [5, 5.41) is 0. The Morgan fingerprint density at radius 2 is 2.00 bits per heavy atom. The van der Waals surface area contributed by atoms with Crippen molar-refractivity contribution in [3.05, 3.63) is 29.8 Å². The van der Waals surface area contributed by atoms with Gasteiger partial charge in [-0.3, -0.25) is 9.59 Å². The summed E-state index contributed by atoms with van der Waals surface area (Å²) < 4.78 is 0. The van der Waals surface area contributed by atoms with E-state index in [0.717, 1.165) is 6.42 Å².